The van der Waals surface area contributed by atoms with Crippen LogP contribution < -0.4 is 5.32 Å². The van der Waals surface area contributed by atoms with Gasteiger partial charge >= 0.3 is 0 Å². The number of rotatable bonds is 6. The first-order valence-electron chi connectivity index (χ1n) is 8.47. The quantitative estimate of drug-likeness (QED) is 0.640. The third kappa shape index (κ3) is 3.88. The molecule has 26 heavy (non-hydrogen) atoms. The Morgan fingerprint density at radius 1 is 1.42 bits per heavy atom. The molecule has 1 amide bonds. The molecular weight excluding hydrogens is 354 g/mol. The first-order valence-corrected chi connectivity index (χ1v) is 9.46. The molecule has 3 heterocycles. The molecule has 0 spiro atoms. The number of imidazole rings is 1. The molecule has 0 aliphatic carbocycles. The molecule has 2 N–H and O–H groups in total. The molecule has 136 valence electrons. The van der Waals surface area contributed by atoms with Gasteiger partial charge in [-0.25, -0.2) is 4.98 Å². The minimum atomic E-state index is -0.116. The summed E-state index contributed by atoms with van der Waals surface area (Å²) in [6, 6.07) is 6.02. The number of ether oxygens (including phenoxy) is 1. The van der Waals surface area contributed by atoms with Crippen LogP contribution in [-0.4, -0.2) is 38.4 Å². The average molecular weight is 373 g/mol. The van der Waals surface area contributed by atoms with Crippen molar-refractivity contribution in [2.24, 2.45) is 0 Å². The Morgan fingerprint density at radius 2 is 2.35 bits per heavy atom. The van der Waals surface area contributed by atoms with Crippen molar-refractivity contribution in [2.45, 2.75) is 37.6 Å². The van der Waals surface area contributed by atoms with Crippen LogP contribution in [0.5, 0.6) is 0 Å². The number of benzene rings is 1. The van der Waals surface area contributed by atoms with Crippen molar-refractivity contribution in [3.05, 3.63) is 35.5 Å². The van der Waals surface area contributed by atoms with Gasteiger partial charge < -0.3 is 19.6 Å². The Morgan fingerprint density at radius 3 is 3.19 bits per heavy atom. The number of H-pyrrole nitrogens is 1. The number of carbonyl (C=O) groups is 1. The van der Waals surface area contributed by atoms with Crippen LogP contribution in [0.15, 0.2) is 27.9 Å². The summed E-state index contributed by atoms with van der Waals surface area (Å²) in [6.07, 6.45) is 1.78. The monoisotopic (exact) mass is 373 g/mol. The second kappa shape index (κ2) is 7.46. The van der Waals surface area contributed by atoms with Gasteiger partial charge in [0.1, 0.15) is 6.10 Å². The van der Waals surface area contributed by atoms with Gasteiger partial charge in [0.05, 0.1) is 23.3 Å². The first-order chi connectivity index (χ1) is 12.7. The molecule has 8 nitrogen and oxygen atoms in total. The van der Waals surface area contributed by atoms with Crippen molar-refractivity contribution < 1.29 is 14.1 Å². The number of aromatic amines is 1. The topological polar surface area (TPSA) is 106 Å². The number of carbonyl (C=O) groups excluding carboxylic acids is 1. The van der Waals surface area contributed by atoms with Gasteiger partial charge in [-0.3, -0.25) is 4.79 Å². The zero-order valence-electron chi connectivity index (χ0n) is 14.3. The van der Waals surface area contributed by atoms with Crippen LogP contribution in [0, 0.1) is 6.92 Å². The second-order valence-electron chi connectivity index (χ2n) is 6.18. The molecule has 1 atom stereocenters. The fraction of sp³-hybridized carbons (Fsp3) is 0.412. The number of aromatic nitrogens is 4. The molecule has 1 saturated heterocycles. The Bertz CT molecular complexity index is 916. The molecule has 0 bridgehead atoms. The lowest BCUT2D eigenvalue weighted by Crippen LogP contribution is -2.25. The highest BCUT2D eigenvalue weighted by Crippen LogP contribution is 2.26. The molecule has 1 unspecified atom stereocenters. The van der Waals surface area contributed by atoms with E-state index in [9.17, 15) is 4.79 Å². The Labute approximate surface area is 154 Å². The van der Waals surface area contributed by atoms with Crippen LogP contribution in [0.3, 0.4) is 0 Å². The number of hydrogen-bond acceptors (Lipinski definition) is 7. The fourth-order valence-electron chi connectivity index (χ4n) is 2.77. The maximum Gasteiger partial charge on any atom is 0.255 e. The van der Waals surface area contributed by atoms with Gasteiger partial charge in [0.15, 0.2) is 11.0 Å². The smallest absolute Gasteiger partial charge is 0.255 e. The van der Waals surface area contributed by atoms with Gasteiger partial charge in [-0.05, 0) is 37.5 Å². The highest BCUT2D eigenvalue weighted by atomic mass is 32.2. The maximum absolute atomic E-state index is 12.0. The summed E-state index contributed by atoms with van der Waals surface area (Å²) in [4.78, 5) is 24.0. The van der Waals surface area contributed by atoms with Crippen molar-refractivity contribution in [2.75, 3.05) is 12.4 Å². The fourth-order valence-corrected chi connectivity index (χ4v) is 3.49. The summed E-state index contributed by atoms with van der Waals surface area (Å²) in [7, 11) is 0. The van der Waals surface area contributed by atoms with Crippen molar-refractivity contribution in [1.29, 1.82) is 0 Å². The zero-order chi connectivity index (χ0) is 17.9. The summed E-state index contributed by atoms with van der Waals surface area (Å²) in [6.45, 7) is 2.98. The molecule has 9 heteroatoms. The molecule has 1 aromatic carbocycles. The van der Waals surface area contributed by atoms with Gasteiger partial charge in [0, 0.05) is 6.61 Å². The number of hydrogen-bond donors (Lipinski definition) is 2. The zero-order valence-corrected chi connectivity index (χ0v) is 15.1. The van der Waals surface area contributed by atoms with Crippen LogP contribution in [0.2, 0.25) is 0 Å². The first kappa shape index (κ1) is 17.0. The van der Waals surface area contributed by atoms with E-state index >= 15 is 0 Å². The van der Waals surface area contributed by atoms with Crippen LogP contribution >= 0.6 is 11.8 Å². The number of nitrogens with zero attached hydrogens (tertiary/aromatic N) is 3. The SMILES string of the molecule is Cc1ccc2nc(SCC(=O)NCc3noc(C4CCCO4)n3)[nH]c2c1. The standard InChI is InChI=1S/C17H19N5O3S/c1-10-4-5-11-12(7-10)20-17(19-11)26-9-15(23)18-8-14-21-16(25-22-14)13-3-2-6-24-13/h4-5,7,13H,2-3,6,8-9H2,1H3,(H,18,23)(H,19,20). The molecule has 4 rings (SSSR count). The molecule has 1 aliphatic rings. The van der Waals surface area contributed by atoms with Gasteiger partial charge in [-0.2, -0.15) is 4.98 Å². The molecule has 3 aromatic rings. The van der Waals surface area contributed by atoms with E-state index in [1.165, 1.54) is 11.8 Å². The molecule has 0 radical (unpaired) electrons. The number of nitrogens with one attached hydrogen (secondary N) is 2. The largest absolute Gasteiger partial charge is 0.368 e. The Hall–Kier alpha value is -2.39. The number of aryl methyl sites for hydroxylation is 1. The van der Waals surface area contributed by atoms with E-state index in [4.69, 9.17) is 9.26 Å². The lowest BCUT2D eigenvalue weighted by molar-refractivity contribution is -0.118. The predicted molar refractivity (Wildman–Crippen MR) is 95.6 cm³/mol. The van der Waals surface area contributed by atoms with Gasteiger partial charge in [0.2, 0.25) is 5.91 Å². The van der Waals surface area contributed by atoms with E-state index in [1.807, 2.05) is 25.1 Å². The minimum absolute atomic E-state index is 0.112. The summed E-state index contributed by atoms with van der Waals surface area (Å²) >= 11 is 1.36. The van der Waals surface area contributed by atoms with E-state index in [0.29, 0.717) is 11.7 Å². The van der Waals surface area contributed by atoms with Crippen LogP contribution in [-0.2, 0) is 16.1 Å². The van der Waals surface area contributed by atoms with E-state index < -0.39 is 0 Å². The summed E-state index contributed by atoms with van der Waals surface area (Å²) in [5.41, 5.74) is 3.03. The lowest BCUT2D eigenvalue weighted by Gasteiger charge is -2.01. The van der Waals surface area contributed by atoms with Crippen molar-refractivity contribution in [1.82, 2.24) is 25.4 Å². The van der Waals surface area contributed by atoms with Gasteiger partial charge in [-0.1, -0.05) is 23.0 Å². The van der Waals surface area contributed by atoms with Crippen LogP contribution in [0.4, 0.5) is 0 Å². The summed E-state index contributed by atoms with van der Waals surface area (Å²) in [5.74, 6) is 1.08. The van der Waals surface area contributed by atoms with E-state index in [0.717, 1.165) is 41.2 Å². The Kier molecular flexibility index (Phi) is 4.89. The number of thioether (sulfide) groups is 1. The lowest BCUT2D eigenvalue weighted by atomic mass is 10.2. The molecule has 0 saturated carbocycles. The molecule has 1 aliphatic heterocycles. The maximum atomic E-state index is 12.0. The highest BCUT2D eigenvalue weighted by Gasteiger charge is 2.23. The van der Waals surface area contributed by atoms with Gasteiger partial charge in [-0.15, -0.1) is 0 Å². The molecular formula is C17H19N5O3S. The number of fused-ring (bicyclic) bond motifs is 1. The normalized spacial score (nSPS) is 17.0. The molecule has 1 fully saturated rings. The highest BCUT2D eigenvalue weighted by molar-refractivity contribution is 7.99. The van der Waals surface area contributed by atoms with Crippen molar-refractivity contribution >= 4 is 28.7 Å². The second-order valence-corrected chi connectivity index (χ2v) is 7.14. The van der Waals surface area contributed by atoms with Crippen molar-refractivity contribution in [3.63, 3.8) is 0 Å². The Balaban J connectivity index is 1.27. The third-order valence-corrected chi connectivity index (χ3v) is 4.96. The van der Waals surface area contributed by atoms with E-state index in [1.54, 1.807) is 0 Å². The van der Waals surface area contributed by atoms with Crippen molar-refractivity contribution in [3.8, 4) is 0 Å². The van der Waals surface area contributed by atoms with E-state index in [-0.39, 0.29) is 24.3 Å². The predicted octanol–water partition coefficient (Wildman–Crippen LogP) is 2.51. The average Bonchev–Trinajstić information content (AvgIpc) is 3.36. The summed E-state index contributed by atoms with van der Waals surface area (Å²) < 4.78 is 10.7. The third-order valence-electron chi connectivity index (χ3n) is 4.09. The van der Waals surface area contributed by atoms with E-state index in [2.05, 4.69) is 25.4 Å². The van der Waals surface area contributed by atoms with Crippen LogP contribution in [0.1, 0.15) is 36.2 Å². The molecule has 2 aromatic heterocycles. The van der Waals surface area contributed by atoms with Gasteiger partial charge in [0.25, 0.3) is 5.89 Å². The number of amides is 1. The van der Waals surface area contributed by atoms with Crippen LogP contribution in [0.25, 0.3) is 11.0 Å². The minimum Gasteiger partial charge on any atom is -0.368 e. The summed E-state index contributed by atoms with van der Waals surface area (Å²) in [5, 5.41) is 7.39.